The van der Waals surface area contributed by atoms with Crippen LogP contribution in [0, 0.1) is 5.92 Å². The molecule has 3 atom stereocenters. The molecule has 8 nitrogen and oxygen atoms in total. The maximum Gasteiger partial charge on any atom is 0.256 e. The zero-order valence-electron chi connectivity index (χ0n) is 22.9. The quantitative estimate of drug-likeness (QED) is 0.522. The standard InChI is InChI=1S/C29H39N3O5S/c1-6-7-8-23-15-16-37-28(23)29(34)31-18-20(4)32(21(5)33)26-14-11-24(17-27(26)31)22-9-12-25(13-10-22)38(35,36)30-19(2)3/h9-14,17,19-20,23,28,30H,6-8,15-16,18H2,1-5H3/t20-,23?,28?/m0/s1. The third kappa shape index (κ3) is 5.80. The fourth-order valence-corrected chi connectivity index (χ4v) is 6.77. The molecule has 0 aromatic heterocycles. The first kappa shape index (κ1) is 28.3. The maximum absolute atomic E-state index is 13.9. The number of anilines is 2. The molecule has 1 fully saturated rings. The molecule has 1 N–H and O–H groups in total. The maximum atomic E-state index is 13.9. The van der Waals surface area contributed by atoms with Crippen molar-refractivity contribution in [2.24, 2.45) is 5.92 Å². The Morgan fingerprint density at radius 3 is 2.39 bits per heavy atom. The fourth-order valence-electron chi connectivity index (χ4n) is 5.52. The average Bonchev–Trinajstić information content (AvgIpc) is 3.34. The Bertz CT molecular complexity index is 1280. The predicted molar refractivity (Wildman–Crippen MR) is 150 cm³/mol. The van der Waals surface area contributed by atoms with Gasteiger partial charge in [-0.2, -0.15) is 0 Å². The number of carbonyl (C=O) groups is 2. The largest absolute Gasteiger partial charge is 0.368 e. The van der Waals surface area contributed by atoms with Crippen LogP contribution in [0.25, 0.3) is 11.1 Å². The molecule has 2 aliphatic rings. The summed E-state index contributed by atoms with van der Waals surface area (Å²) in [6.07, 6.45) is 3.50. The first-order chi connectivity index (χ1) is 18.0. The van der Waals surface area contributed by atoms with Crippen LogP contribution in [0.4, 0.5) is 11.4 Å². The van der Waals surface area contributed by atoms with Crippen LogP contribution in [0.1, 0.15) is 60.3 Å². The smallest absolute Gasteiger partial charge is 0.256 e. The Hall–Kier alpha value is -2.75. The van der Waals surface area contributed by atoms with Crippen molar-refractivity contribution in [2.45, 2.75) is 83.4 Å². The number of carbonyl (C=O) groups excluding carboxylic acids is 2. The summed E-state index contributed by atoms with van der Waals surface area (Å²) in [6, 6.07) is 12.0. The van der Waals surface area contributed by atoms with Gasteiger partial charge in [-0.3, -0.25) is 9.59 Å². The van der Waals surface area contributed by atoms with Gasteiger partial charge in [-0.1, -0.05) is 38.0 Å². The van der Waals surface area contributed by atoms with Crippen LogP contribution >= 0.6 is 0 Å². The van der Waals surface area contributed by atoms with Gasteiger partial charge in [-0.05, 0) is 74.9 Å². The van der Waals surface area contributed by atoms with E-state index in [-0.39, 0.29) is 34.7 Å². The van der Waals surface area contributed by atoms with Gasteiger partial charge in [0.15, 0.2) is 0 Å². The lowest BCUT2D eigenvalue weighted by Gasteiger charge is -2.42. The number of hydrogen-bond acceptors (Lipinski definition) is 5. The van der Waals surface area contributed by atoms with Gasteiger partial charge in [0.1, 0.15) is 6.10 Å². The number of unbranched alkanes of at least 4 members (excludes halogenated alkanes) is 1. The van der Waals surface area contributed by atoms with Gasteiger partial charge >= 0.3 is 0 Å². The highest BCUT2D eigenvalue weighted by Crippen LogP contribution is 2.40. The number of nitrogens with zero attached hydrogens (tertiary/aromatic N) is 2. The van der Waals surface area contributed by atoms with E-state index < -0.39 is 16.1 Å². The predicted octanol–water partition coefficient (Wildman–Crippen LogP) is 4.72. The third-order valence-electron chi connectivity index (χ3n) is 7.29. The molecule has 0 spiro atoms. The number of ether oxygens (including phenoxy) is 1. The van der Waals surface area contributed by atoms with Crippen molar-refractivity contribution in [3.8, 4) is 11.1 Å². The second-order valence-electron chi connectivity index (χ2n) is 10.7. The van der Waals surface area contributed by atoms with E-state index >= 15 is 0 Å². The van der Waals surface area contributed by atoms with Gasteiger partial charge in [0, 0.05) is 26.1 Å². The van der Waals surface area contributed by atoms with Crippen LogP contribution in [0.2, 0.25) is 0 Å². The Kier molecular flexibility index (Phi) is 8.59. The fraction of sp³-hybridized carbons (Fsp3) is 0.517. The van der Waals surface area contributed by atoms with E-state index in [1.165, 1.54) is 6.92 Å². The monoisotopic (exact) mass is 541 g/mol. The van der Waals surface area contributed by atoms with E-state index in [1.807, 2.05) is 25.1 Å². The van der Waals surface area contributed by atoms with Crippen molar-refractivity contribution in [2.75, 3.05) is 23.0 Å². The molecule has 2 aliphatic heterocycles. The van der Waals surface area contributed by atoms with Crippen LogP contribution in [-0.4, -0.2) is 51.6 Å². The summed E-state index contributed by atoms with van der Waals surface area (Å²) < 4.78 is 33.6. The van der Waals surface area contributed by atoms with Crippen molar-refractivity contribution >= 4 is 33.2 Å². The zero-order chi connectivity index (χ0) is 27.6. The van der Waals surface area contributed by atoms with Gasteiger partial charge in [0.25, 0.3) is 5.91 Å². The van der Waals surface area contributed by atoms with Crippen LogP contribution in [-0.2, 0) is 24.3 Å². The first-order valence-electron chi connectivity index (χ1n) is 13.5. The minimum absolute atomic E-state index is 0.0572. The van der Waals surface area contributed by atoms with Crippen molar-refractivity contribution in [3.05, 3.63) is 42.5 Å². The number of benzene rings is 2. The lowest BCUT2D eigenvalue weighted by atomic mass is 9.93. The van der Waals surface area contributed by atoms with Crippen LogP contribution in [0.15, 0.2) is 47.4 Å². The molecule has 0 saturated carbocycles. The third-order valence-corrected chi connectivity index (χ3v) is 8.97. The number of rotatable bonds is 8. The van der Waals surface area contributed by atoms with Crippen molar-refractivity contribution in [1.82, 2.24) is 4.72 Å². The van der Waals surface area contributed by atoms with Crippen molar-refractivity contribution in [1.29, 1.82) is 0 Å². The molecule has 0 radical (unpaired) electrons. The van der Waals surface area contributed by atoms with E-state index in [0.717, 1.165) is 36.8 Å². The highest BCUT2D eigenvalue weighted by molar-refractivity contribution is 7.89. The molecule has 9 heteroatoms. The van der Waals surface area contributed by atoms with Crippen LogP contribution in [0.5, 0.6) is 0 Å². The summed E-state index contributed by atoms with van der Waals surface area (Å²) >= 11 is 0. The highest BCUT2D eigenvalue weighted by atomic mass is 32.2. The van der Waals surface area contributed by atoms with Gasteiger partial charge in [0.05, 0.1) is 22.3 Å². The summed E-state index contributed by atoms with van der Waals surface area (Å²) in [4.78, 5) is 30.2. The lowest BCUT2D eigenvalue weighted by molar-refractivity contribution is -0.129. The van der Waals surface area contributed by atoms with E-state index in [1.54, 1.807) is 47.9 Å². The Balaban J connectivity index is 1.70. The lowest BCUT2D eigenvalue weighted by Crippen LogP contribution is -2.54. The van der Waals surface area contributed by atoms with Crippen molar-refractivity contribution in [3.63, 3.8) is 0 Å². The number of fused-ring (bicyclic) bond motifs is 1. The Morgan fingerprint density at radius 1 is 1.08 bits per heavy atom. The molecule has 206 valence electrons. The number of sulfonamides is 1. The molecular formula is C29H39N3O5S. The molecule has 2 aromatic rings. The average molecular weight is 542 g/mol. The summed E-state index contributed by atoms with van der Waals surface area (Å²) in [5.41, 5.74) is 3.00. The first-order valence-corrected chi connectivity index (χ1v) is 15.0. The second-order valence-corrected chi connectivity index (χ2v) is 12.4. The highest BCUT2D eigenvalue weighted by Gasteiger charge is 2.41. The van der Waals surface area contributed by atoms with E-state index in [0.29, 0.717) is 24.5 Å². The molecule has 2 amide bonds. The molecule has 1 saturated heterocycles. The molecule has 2 aromatic carbocycles. The van der Waals surface area contributed by atoms with Crippen LogP contribution < -0.4 is 14.5 Å². The zero-order valence-corrected chi connectivity index (χ0v) is 23.8. The van der Waals surface area contributed by atoms with Gasteiger partial charge in [0.2, 0.25) is 15.9 Å². The number of nitrogens with one attached hydrogen (secondary N) is 1. The normalized spacial score (nSPS) is 21.6. The number of amides is 2. The van der Waals surface area contributed by atoms with Gasteiger partial charge in [-0.15, -0.1) is 0 Å². The van der Waals surface area contributed by atoms with Gasteiger partial charge in [-0.25, -0.2) is 13.1 Å². The van der Waals surface area contributed by atoms with Gasteiger partial charge < -0.3 is 14.5 Å². The summed E-state index contributed by atoms with van der Waals surface area (Å²) in [6.45, 7) is 10.2. The molecule has 2 heterocycles. The molecule has 0 aliphatic carbocycles. The summed E-state index contributed by atoms with van der Waals surface area (Å²) in [5.74, 6) is 0.0613. The van der Waals surface area contributed by atoms with Crippen LogP contribution in [0.3, 0.4) is 0 Å². The minimum atomic E-state index is -3.60. The van der Waals surface area contributed by atoms with E-state index in [2.05, 4.69) is 11.6 Å². The minimum Gasteiger partial charge on any atom is -0.368 e. The Morgan fingerprint density at radius 2 is 1.76 bits per heavy atom. The molecular weight excluding hydrogens is 502 g/mol. The molecule has 0 bridgehead atoms. The summed E-state index contributed by atoms with van der Waals surface area (Å²) in [5, 5.41) is 0. The Labute approximate surface area is 226 Å². The topological polar surface area (TPSA) is 96.0 Å². The molecule has 4 rings (SSSR count). The van der Waals surface area contributed by atoms with E-state index in [4.69, 9.17) is 4.74 Å². The second kappa shape index (κ2) is 11.6. The number of hydrogen-bond donors (Lipinski definition) is 1. The van der Waals surface area contributed by atoms with E-state index in [9.17, 15) is 18.0 Å². The molecule has 2 unspecified atom stereocenters. The SMILES string of the molecule is CCCCC1CCOC1C(=O)N1C[C@H](C)N(C(C)=O)c2ccc(-c3ccc(S(=O)(=O)NC(C)C)cc3)cc21. The van der Waals surface area contributed by atoms with Crippen molar-refractivity contribution < 1.29 is 22.7 Å². The summed E-state index contributed by atoms with van der Waals surface area (Å²) in [7, 11) is -3.60. The molecule has 38 heavy (non-hydrogen) atoms.